The highest BCUT2D eigenvalue weighted by Gasteiger charge is 2.18. The minimum Gasteiger partial charge on any atom is -0.299 e. The molecule has 0 saturated heterocycles. The summed E-state index contributed by atoms with van der Waals surface area (Å²) in [5.74, 6) is 0. The predicted molar refractivity (Wildman–Crippen MR) is 71.4 cm³/mol. The van der Waals surface area contributed by atoms with Gasteiger partial charge in [-0.1, -0.05) is 31.4 Å². The Hall–Kier alpha value is -1.42. The minimum absolute atomic E-state index is 0.185. The lowest BCUT2D eigenvalue weighted by atomic mass is 9.94. The first-order valence-electron chi connectivity index (χ1n) is 6.60. The molecule has 1 aliphatic carbocycles. The van der Waals surface area contributed by atoms with Crippen molar-refractivity contribution in [3.05, 3.63) is 39.9 Å². The van der Waals surface area contributed by atoms with Crippen LogP contribution >= 0.6 is 0 Å². The first-order valence-corrected chi connectivity index (χ1v) is 6.60. The molecule has 0 aromatic heterocycles. The monoisotopic (exact) mass is 248 g/mol. The quantitative estimate of drug-likeness (QED) is 0.606. The third-order valence-corrected chi connectivity index (χ3v) is 3.75. The van der Waals surface area contributed by atoms with Gasteiger partial charge in [0, 0.05) is 24.7 Å². The highest BCUT2D eigenvalue weighted by Crippen LogP contribution is 2.23. The molecule has 0 amide bonds. The molecular formula is C14H20N2O2. The lowest BCUT2D eigenvalue weighted by molar-refractivity contribution is -0.384. The van der Waals surface area contributed by atoms with Crippen molar-refractivity contribution in [3.8, 4) is 0 Å². The number of nitrogens with zero attached hydrogens (tertiary/aromatic N) is 2. The number of rotatable bonds is 4. The molecule has 1 aromatic rings. The Morgan fingerprint density at radius 2 is 2.06 bits per heavy atom. The summed E-state index contributed by atoms with van der Waals surface area (Å²) >= 11 is 0. The SMILES string of the molecule is CN(Cc1cccc([N+](=O)[O-])c1)C1CCCCC1. The molecule has 0 bridgehead atoms. The summed E-state index contributed by atoms with van der Waals surface area (Å²) in [5.41, 5.74) is 1.21. The van der Waals surface area contributed by atoms with Crippen LogP contribution in [-0.2, 0) is 6.54 Å². The van der Waals surface area contributed by atoms with Gasteiger partial charge in [-0.15, -0.1) is 0 Å². The molecule has 0 heterocycles. The fraction of sp³-hybridized carbons (Fsp3) is 0.571. The van der Waals surface area contributed by atoms with Gasteiger partial charge >= 0.3 is 0 Å². The van der Waals surface area contributed by atoms with Crippen LogP contribution in [0.4, 0.5) is 5.69 Å². The number of hydrogen-bond donors (Lipinski definition) is 0. The summed E-state index contributed by atoms with van der Waals surface area (Å²) in [5, 5.41) is 10.7. The summed E-state index contributed by atoms with van der Waals surface area (Å²) in [6, 6.07) is 7.59. The van der Waals surface area contributed by atoms with Crippen molar-refractivity contribution in [2.45, 2.75) is 44.7 Å². The zero-order valence-electron chi connectivity index (χ0n) is 10.8. The van der Waals surface area contributed by atoms with E-state index in [4.69, 9.17) is 0 Å². The Morgan fingerprint density at radius 1 is 1.33 bits per heavy atom. The molecule has 0 atom stereocenters. The first-order chi connectivity index (χ1) is 8.66. The number of nitro groups is 1. The maximum Gasteiger partial charge on any atom is 0.269 e. The number of benzene rings is 1. The molecule has 1 aliphatic rings. The largest absolute Gasteiger partial charge is 0.299 e. The molecule has 0 unspecified atom stereocenters. The second-order valence-electron chi connectivity index (χ2n) is 5.13. The van der Waals surface area contributed by atoms with Gasteiger partial charge in [0.15, 0.2) is 0 Å². The minimum atomic E-state index is -0.329. The number of nitro benzene ring substituents is 1. The van der Waals surface area contributed by atoms with Crippen molar-refractivity contribution in [2.24, 2.45) is 0 Å². The van der Waals surface area contributed by atoms with Crippen LogP contribution in [0, 0.1) is 10.1 Å². The highest BCUT2D eigenvalue weighted by atomic mass is 16.6. The average Bonchev–Trinajstić information content (AvgIpc) is 2.40. The molecule has 0 N–H and O–H groups in total. The van der Waals surface area contributed by atoms with Crippen LogP contribution in [0.1, 0.15) is 37.7 Å². The Morgan fingerprint density at radius 3 is 2.72 bits per heavy atom. The van der Waals surface area contributed by atoms with Gasteiger partial charge in [-0.25, -0.2) is 0 Å². The molecule has 0 spiro atoms. The third kappa shape index (κ3) is 3.29. The van der Waals surface area contributed by atoms with Gasteiger partial charge in [0.1, 0.15) is 0 Å². The van der Waals surface area contributed by atoms with Crippen molar-refractivity contribution >= 4 is 5.69 Å². The van der Waals surface area contributed by atoms with Crippen LogP contribution < -0.4 is 0 Å². The third-order valence-electron chi connectivity index (χ3n) is 3.75. The van der Waals surface area contributed by atoms with Crippen molar-refractivity contribution in [3.63, 3.8) is 0 Å². The molecule has 18 heavy (non-hydrogen) atoms. The number of hydrogen-bond acceptors (Lipinski definition) is 3. The van der Waals surface area contributed by atoms with Crippen LogP contribution in [-0.4, -0.2) is 22.9 Å². The van der Waals surface area contributed by atoms with E-state index in [1.807, 2.05) is 6.07 Å². The maximum absolute atomic E-state index is 10.7. The lowest BCUT2D eigenvalue weighted by Gasteiger charge is -2.31. The summed E-state index contributed by atoms with van der Waals surface area (Å²) in [6.45, 7) is 0.798. The zero-order valence-corrected chi connectivity index (χ0v) is 10.8. The van der Waals surface area contributed by atoms with E-state index in [9.17, 15) is 10.1 Å². The van der Waals surface area contributed by atoms with Gasteiger partial charge in [0.25, 0.3) is 5.69 Å². The molecule has 4 heteroatoms. The van der Waals surface area contributed by atoms with E-state index in [-0.39, 0.29) is 10.6 Å². The van der Waals surface area contributed by atoms with Crippen molar-refractivity contribution in [1.82, 2.24) is 4.90 Å². The highest BCUT2D eigenvalue weighted by molar-refractivity contribution is 5.34. The maximum atomic E-state index is 10.7. The molecule has 0 aliphatic heterocycles. The lowest BCUT2D eigenvalue weighted by Crippen LogP contribution is -2.32. The predicted octanol–water partition coefficient (Wildman–Crippen LogP) is 3.36. The zero-order chi connectivity index (χ0) is 13.0. The smallest absolute Gasteiger partial charge is 0.269 e. The van der Waals surface area contributed by atoms with Crippen molar-refractivity contribution in [2.75, 3.05) is 7.05 Å². The molecule has 1 saturated carbocycles. The van der Waals surface area contributed by atoms with E-state index < -0.39 is 0 Å². The fourth-order valence-electron chi connectivity index (χ4n) is 2.71. The van der Waals surface area contributed by atoms with Crippen LogP contribution in [0.3, 0.4) is 0 Å². The van der Waals surface area contributed by atoms with Crippen LogP contribution in [0.25, 0.3) is 0 Å². The molecule has 0 radical (unpaired) electrons. The molecule has 1 aromatic carbocycles. The van der Waals surface area contributed by atoms with Gasteiger partial charge < -0.3 is 0 Å². The van der Waals surface area contributed by atoms with Gasteiger partial charge in [0.2, 0.25) is 0 Å². The molecule has 98 valence electrons. The fourth-order valence-corrected chi connectivity index (χ4v) is 2.71. The standard InChI is InChI=1S/C14H20N2O2/c1-15(13-7-3-2-4-8-13)11-12-6-5-9-14(10-12)16(17)18/h5-6,9-10,13H,2-4,7-8,11H2,1H3. The van der Waals surface area contributed by atoms with Crippen LogP contribution in [0.15, 0.2) is 24.3 Å². The van der Waals surface area contributed by atoms with E-state index in [1.165, 1.54) is 32.1 Å². The Labute approximate surface area is 108 Å². The van der Waals surface area contributed by atoms with Crippen LogP contribution in [0.5, 0.6) is 0 Å². The summed E-state index contributed by atoms with van der Waals surface area (Å²) in [4.78, 5) is 12.7. The van der Waals surface area contributed by atoms with Gasteiger partial charge in [-0.2, -0.15) is 0 Å². The van der Waals surface area contributed by atoms with Gasteiger partial charge in [-0.3, -0.25) is 15.0 Å². The van der Waals surface area contributed by atoms with E-state index in [2.05, 4.69) is 11.9 Å². The van der Waals surface area contributed by atoms with E-state index in [0.717, 1.165) is 12.1 Å². The average molecular weight is 248 g/mol. The van der Waals surface area contributed by atoms with Crippen molar-refractivity contribution < 1.29 is 4.92 Å². The Kier molecular flexibility index (Phi) is 4.31. The van der Waals surface area contributed by atoms with E-state index >= 15 is 0 Å². The molecule has 1 fully saturated rings. The Balaban J connectivity index is 1.99. The first kappa shape index (κ1) is 13.0. The summed E-state index contributed by atoms with van der Waals surface area (Å²) < 4.78 is 0. The summed E-state index contributed by atoms with van der Waals surface area (Å²) in [7, 11) is 2.12. The normalized spacial score (nSPS) is 17.0. The second-order valence-corrected chi connectivity index (χ2v) is 5.13. The van der Waals surface area contributed by atoms with Crippen LogP contribution in [0.2, 0.25) is 0 Å². The number of non-ortho nitro benzene ring substituents is 1. The second kappa shape index (κ2) is 5.96. The van der Waals surface area contributed by atoms with Crippen molar-refractivity contribution in [1.29, 1.82) is 0 Å². The topological polar surface area (TPSA) is 46.4 Å². The van der Waals surface area contributed by atoms with E-state index in [1.54, 1.807) is 18.2 Å². The van der Waals surface area contributed by atoms with Gasteiger partial charge in [0.05, 0.1) is 4.92 Å². The Bertz CT molecular complexity index is 414. The molecule has 2 rings (SSSR count). The molecular weight excluding hydrogens is 228 g/mol. The van der Waals surface area contributed by atoms with E-state index in [0.29, 0.717) is 6.04 Å². The van der Waals surface area contributed by atoms with Gasteiger partial charge in [-0.05, 0) is 25.5 Å². The molecule has 4 nitrogen and oxygen atoms in total. The summed E-state index contributed by atoms with van der Waals surface area (Å²) in [6.07, 6.45) is 6.48.